The van der Waals surface area contributed by atoms with E-state index >= 15 is 0 Å². The highest BCUT2D eigenvalue weighted by Gasteiger charge is 2.29. The number of nitrogens with zero attached hydrogens (tertiary/aromatic N) is 2. The molecule has 2 N–H and O–H groups in total. The molecule has 0 aliphatic rings. The lowest BCUT2D eigenvalue weighted by Crippen LogP contribution is -2.43. The smallest absolute Gasteiger partial charge is 0.350 e. The maximum absolute atomic E-state index is 12.7. The number of carbonyl (C=O) groups is 1. The first-order valence-corrected chi connectivity index (χ1v) is 9.13. The zero-order valence-electron chi connectivity index (χ0n) is 16.6. The maximum Gasteiger partial charge on any atom is 0.416 e. The monoisotopic (exact) mass is 406 g/mol. The molecule has 2 aromatic carbocycles. The molecule has 0 fully saturated rings. The van der Waals surface area contributed by atoms with E-state index < -0.39 is 11.7 Å². The highest BCUT2D eigenvalue weighted by molar-refractivity contribution is 5.86. The van der Waals surface area contributed by atoms with Gasteiger partial charge in [-0.15, -0.1) is 0 Å². The molecule has 2 aromatic rings. The van der Waals surface area contributed by atoms with Crippen LogP contribution in [-0.4, -0.2) is 37.4 Å². The van der Waals surface area contributed by atoms with Crippen LogP contribution in [-0.2, 0) is 17.5 Å². The van der Waals surface area contributed by atoms with Gasteiger partial charge in [-0.25, -0.2) is 4.99 Å². The lowest BCUT2D eigenvalue weighted by atomic mass is 10.1. The molecule has 1 unspecified atom stereocenters. The number of hydrogen-bond acceptors (Lipinski definition) is 2. The van der Waals surface area contributed by atoms with Gasteiger partial charge in [0.15, 0.2) is 5.96 Å². The van der Waals surface area contributed by atoms with Crippen molar-refractivity contribution < 1.29 is 18.0 Å². The third kappa shape index (κ3) is 7.14. The second kappa shape index (κ2) is 9.95. The Balaban J connectivity index is 2.11. The van der Waals surface area contributed by atoms with Crippen LogP contribution in [0.2, 0.25) is 0 Å². The van der Waals surface area contributed by atoms with Crippen molar-refractivity contribution >= 4 is 11.9 Å². The number of carbonyl (C=O) groups excluding carboxylic acids is 1. The Hall–Kier alpha value is -3.03. The van der Waals surface area contributed by atoms with Gasteiger partial charge in [0.2, 0.25) is 5.91 Å². The van der Waals surface area contributed by atoms with Gasteiger partial charge in [0.1, 0.15) is 0 Å². The molecular formula is C21H25F3N4O. The largest absolute Gasteiger partial charge is 0.416 e. The number of nitrogens with one attached hydrogen (secondary N) is 2. The topological polar surface area (TPSA) is 56.7 Å². The van der Waals surface area contributed by atoms with Crippen molar-refractivity contribution in [1.82, 2.24) is 15.5 Å². The molecule has 0 spiro atoms. The predicted molar refractivity (Wildman–Crippen MR) is 107 cm³/mol. The SMILES string of the molecule is CC(NC(=NCc1ccc(C(F)(F)F)cc1)NCC(=O)N(C)C)c1ccccc1. The molecule has 0 heterocycles. The standard InChI is InChI=1S/C21H25F3N4O/c1-15(17-7-5-4-6-8-17)27-20(26-14-19(29)28(2)3)25-13-16-9-11-18(12-10-16)21(22,23)24/h4-12,15H,13-14H2,1-3H3,(H2,25,26,27). The Labute approximate surface area is 168 Å². The highest BCUT2D eigenvalue weighted by atomic mass is 19.4. The highest BCUT2D eigenvalue weighted by Crippen LogP contribution is 2.29. The Morgan fingerprint density at radius 3 is 2.24 bits per heavy atom. The molecule has 1 atom stereocenters. The minimum absolute atomic E-state index is 0.0490. The second-order valence-corrected chi connectivity index (χ2v) is 6.78. The first kappa shape index (κ1) is 22.3. The molecule has 0 radical (unpaired) electrons. The van der Waals surface area contributed by atoms with Crippen LogP contribution in [0, 0.1) is 0 Å². The second-order valence-electron chi connectivity index (χ2n) is 6.78. The molecule has 29 heavy (non-hydrogen) atoms. The van der Waals surface area contributed by atoms with Crippen LogP contribution < -0.4 is 10.6 Å². The normalized spacial score (nSPS) is 13.0. The summed E-state index contributed by atoms with van der Waals surface area (Å²) >= 11 is 0. The van der Waals surface area contributed by atoms with Gasteiger partial charge in [-0.05, 0) is 30.2 Å². The minimum atomic E-state index is -4.37. The first-order valence-electron chi connectivity index (χ1n) is 9.13. The van der Waals surface area contributed by atoms with Crippen LogP contribution in [0.1, 0.15) is 29.7 Å². The van der Waals surface area contributed by atoms with Crippen molar-refractivity contribution in [2.75, 3.05) is 20.6 Å². The fraction of sp³-hybridized carbons (Fsp3) is 0.333. The van der Waals surface area contributed by atoms with E-state index in [4.69, 9.17) is 0 Å². The molecule has 0 aliphatic heterocycles. The number of benzene rings is 2. The fourth-order valence-electron chi connectivity index (χ4n) is 2.47. The van der Waals surface area contributed by atoms with E-state index in [0.29, 0.717) is 11.5 Å². The Bertz CT molecular complexity index is 818. The van der Waals surface area contributed by atoms with Crippen molar-refractivity contribution in [1.29, 1.82) is 0 Å². The molecule has 0 saturated carbocycles. The number of amides is 1. The molecule has 2 rings (SSSR count). The summed E-state index contributed by atoms with van der Waals surface area (Å²) in [5, 5.41) is 6.20. The molecule has 0 bridgehead atoms. The van der Waals surface area contributed by atoms with Crippen LogP contribution >= 0.6 is 0 Å². The van der Waals surface area contributed by atoms with Gasteiger partial charge in [-0.1, -0.05) is 42.5 Å². The maximum atomic E-state index is 12.7. The van der Waals surface area contributed by atoms with Crippen molar-refractivity contribution in [3.05, 3.63) is 71.3 Å². The number of rotatable bonds is 6. The zero-order valence-corrected chi connectivity index (χ0v) is 16.6. The summed E-state index contributed by atoms with van der Waals surface area (Å²) < 4.78 is 38.1. The van der Waals surface area contributed by atoms with Crippen LogP contribution in [0.25, 0.3) is 0 Å². The van der Waals surface area contributed by atoms with Gasteiger partial charge >= 0.3 is 6.18 Å². The van der Waals surface area contributed by atoms with Crippen molar-refractivity contribution in [3.63, 3.8) is 0 Å². The van der Waals surface area contributed by atoms with E-state index in [9.17, 15) is 18.0 Å². The molecular weight excluding hydrogens is 381 g/mol. The Kier molecular flexibility index (Phi) is 7.64. The quantitative estimate of drug-likeness (QED) is 0.570. The number of halogens is 3. The van der Waals surface area contributed by atoms with Crippen molar-refractivity contribution in [2.24, 2.45) is 4.99 Å². The average molecular weight is 406 g/mol. The van der Waals surface area contributed by atoms with E-state index in [0.717, 1.165) is 17.7 Å². The number of alkyl halides is 3. The molecule has 0 aliphatic carbocycles. The molecule has 0 saturated heterocycles. The van der Waals surface area contributed by atoms with E-state index in [2.05, 4.69) is 15.6 Å². The summed E-state index contributed by atoms with van der Waals surface area (Å²) in [6.45, 7) is 2.18. The summed E-state index contributed by atoms with van der Waals surface area (Å²) in [4.78, 5) is 17.8. The Morgan fingerprint density at radius 1 is 1.07 bits per heavy atom. The minimum Gasteiger partial charge on any atom is -0.350 e. The van der Waals surface area contributed by atoms with Crippen LogP contribution in [0.4, 0.5) is 13.2 Å². The van der Waals surface area contributed by atoms with Gasteiger partial charge in [-0.3, -0.25) is 4.79 Å². The van der Waals surface area contributed by atoms with Gasteiger partial charge in [0.05, 0.1) is 24.7 Å². The predicted octanol–water partition coefficient (Wildman–Crippen LogP) is 3.59. The van der Waals surface area contributed by atoms with Gasteiger partial charge in [0.25, 0.3) is 0 Å². The molecule has 5 nitrogen and oxygen atoms in total. The van der Waals surface area contributed by atoms with Gasteiger partial charge < -0.3 is 15.5 Å². The third-order valence-electron chi connectivity index (χ3n) is 4.26. The number of hydrogen-bond donors (Lipinski definition) is 2. The molecule has 0 aromatic heterocycles. The van der Waals surface area contributed by atoms with Crippen molar-refractivity contribution in [2.45, 2.75) is 25.7 Å². The summed E-state index contributed by atoms with van der Waals surface area (Å²) in [7, 11) is 3.31. The number of aliphatic imine (C=N–C) groups is 1. The average Bonchev–Trinajstić information content (AvgIpc) is 2.69. The van der Waals surface area contributed by atoms with E-state index in [1.165, 1.54) is 17.0 Å². The lowest BCUT2D eigenvalue weighted by molar-refractivity contribution is -0.137. The van der Waals surface area contributed by atoms with Crippen LogP contribution in [0.3, 0.4) is 0 Å². The van der Waals surface area contributed by atoms with E-state index in [1.54, 1.807) is 14.1 Å². The summed E-state index contributed by atoms with van der Waals surface area (Å²) in [6, 6.07) is 14.5. The molecule has 156 valence electrons. The van der Waals surface area contributed by atoms with E-state index in [-0.39, 0.29) is 25.0 Å². The first-order chi connectivity index (χ1) is 13.7. The van der Waals surface area contributed by atoms with Crippen LogP contribution in [0.15, 0.2) is 59.6 Å². The Morgan fingerprint density at radius 2 is 1.69 bits per heavy atom. The van der Waals surface area contributed by atoms with Gasteiger partial charge in [0, 0.05) is 14.1 Å². The third-order valence-corrected chi connectivity index (χ3v) is 4.26. The summed E-state index contributed by atoms with van der Waals surface area (Å²) in [5.74, 6) is 0.276. The molecule has 8 heteroatoms. The number of guanidine groups is 1. The fourth-order valence-corrected chi connectivity index (χ4v) is 2.47. The zero-order chi connectivity index (χ0) is 21.4. The summed E-state index contributed by atoms with van der Waals surface area (Å²) in [5.41, 5.74) is 0.969. The van der Waals surface area contributed by atoms with Gasteiger partial charge in [-0.2, -0.15) is 13.2 Å². The summed E-state index contributed by atoms with van der Waals surface area (Å²) in [6.07, 6.45) is -4.37. The van der Waals surface area contributed by atoms with E-state index in [1.807, 2.05) is 37.3 Å². The lowest BCUT2D eigenvalue weighted by Gasteiger charge is -2.19. The molecule has 1 amide bonds. The van der Waals surface area contributed by atoms with Crippen molar-refractivity contribution in [3.8, 4) is 0 Å². The number of likely N-dealkylation sites (N-methyl/N-ethyl adjacent to an activating group) is 1. The van der Waals surface area contributed by atoms with Crippen LogP contribution in [0.5, 0.6) is 0 Å².